The first-order valence-electron chi connectivity index (χ1n) is 9.78. The first-order valence-corrected chi connectivity index (χ1v) is 9.78. The average molecular weight is 357 g/mol. The number of pyridine rings is 1. The third-order valence-electron chi connectivity index (χ3n) is 5.71. The Balaban J connectivity index is 1.85. The number of carbonyl (C=O) groups excluding carboxylic acids is 2. The van der Waals surface area contributed by atoms with Crippen molar-refractivity contribution in [1.82, 2.24) is 9.88 Å². The molecular weight excluding hydrogens is 324 g/mol. The molecule has 0 N–H and O–H groups in total. The highest BCUT2D eigenvalue weighted by Crippen LogP contribution is 2.32. The van der Waals surface area contributed by atoms with Crippen molar-refractivity contribution < 1.29 is 9.59 Å². The van der Waals surface area contributed by atoms with Crippen LogP contribution in [0.1, 0.15) is 64.9 Å². The highest BCUT2D eigenvalue weighted by atomic mass is 16.2. The molecule has 1 aliphatic heterocycles. The van der Waals surface area contributed by atoms with E-state index in [1.807, 2.05) is 26.1 Å². The van der Waals surface area contributed by atoms with Crippen molar-refractivity contribution >= 4 is 11.7 Å². The molecule has 0 spiro atoms. The summed E-state index contributed by atoms with van der Waals surface area (Å²) in [5, 5.41) is 0. The Hall–Kier alpha value is -1.97. The second kappa shape index (κ2) is 9.11. The van der Waals surface area contributed by atoms with Gasteiger partial charge in [0.1, 0.15) is 0 Å². The van der Waals surface area contributed by atoms with Crippen molar-refractivity contribution in [2.24, 2.45) is 5.41 Å². The van der Waals surface area contributed by atoms with Gasteiger partial charge in [-0.15, -0.1) is 0 Å². The van der Waals surface area contributed by atoms with Gasteiger partial charge in [0, 0.05) is 30.9 Å². The fourth-order valence-corrected chi connectivity index (χ4v) is 3.36. The number of carbonyl (C=O) groups is 2. The van der Waals surface area contributed by atoms with Crippen LogP contribution in [0.15, 0.2) is 36.7 Å². The second-order valence-corrected chi connectivity index (χ2v) is 7.91. The fraction of sp³-hybridized carbons (Fsp3) is 0.591. The molecule has 26 heavy (non-hydrogen) atoms. The standard InChI is InChI=1S/C22H32N2O2/c1-5-22(3,4)17(2)21(26)24-15-9-12-19(24)20(25)13-7-6-10-18-11-8-14-23-16-18/h8,11,14,16,19H,2,5-7,9-10,12-13,15H2,1,3-4H3. The zero-order valence-corrected chi connectivity index (χ0v) is 16.5. The number of likely N-dealkylation sites (tertiary alicyclic amines) is 1. The molecule has 4 nitrogen and oxygen atoms in total. The SMILES string of the molecule is C=C(C(=O)N1CCCC1C(=O)CCCCc1cccnc1)C(C)(C)CC. The summed E-state index contributed by atoms with van der Waals surface area (Å²) in [5.74, 6) is 0.159. The van der Waals surface area contributed by atoms with E-state index in [9.17, 15) is 9.59 Å². The molecule has 1 fully saturated rings. The zero-order valence-electron chi connectivity index (χ0n) is 16.5. The van der Waals surface area contributed by atoms with E-state index in [1.165, 1.54) is 5.56 Å². The number of hydrogen-bond acceptors (Lipinski definition) is 3. The Morgan fingerprint density at radius 3 is 2.77 bits per heavy atom. The fourth-order valence-electron chi connectivity index (χ4n) is 3.36. The number of ketones is 1. The largest absolute Gasteiger partial charge is 0.329 e. The highest BCUT2D eigenvalue weighted by Gasteiger charge is 2.37. The summed E-state index contributed by atoms with van der Waals surface area (Å²) in [6, 6.07) is 3.74. The molecule has 2 rings (SSSR count). The summed E-state index contributed by atoms with van der Waals surface area (Å²) < 4.78 is 0. The zero-order chi connectivity index (χ0) is 19.2. The number of nitrogens with zero attached hydrogens (tertiary/aromatic N) is 2. The van der Waals surface area contributed by atoms with Gasteiger partial charge >= 0.3 is 0 Å². The molecule has 0 saturated carbocycles. The summed E-state index contributed by atoms with van der Waals surface area (Å²) in [7, 11) is 0. The van der Waals surface area contributed by atoms with Crippen molar-refractivity contribution in [3.63, 3.8) is 0 Å². The van der Waals surface area contributed by atoms with E-state index in [2.05, 4.69) is 24.6 Å². The molecule has 1 aromatic heterocycles. The number of Topliss-reactive ketones (excluding diaryl/α,β-unsaturated/α-hetero) is 1. The topological polar surface area (TPSA) is 50.3 Å². The maximum atomic E-state index is 12.8. The van der Waals surface area contributed by atoms with Gasteiger partial charge in [-0.3, -0.25) is 14.6 Å². The smallest absolute Gasteiger partial charge is 0.250 e. The summed E-state index contributed by atoms with van der Waals surface area (Å²) >= 11 is 0. The minimum Gasteiger partial charge on any atom is -0.329 e. The van der Waals surface area contributed by atoms with Gasteiger partial charge in [-0.2, -0.15) is 0 Å². The molecule has 142 valence electrons. The molecule has 1 amide bonds. The Kier molecular flexibility index (Phi) is 7.13. The van der Waals surface area contributed by atoms with Crippen LogP contribution in [0.2, 0.25) is 0 Å². The van der Waals surface area contributed by atoms with Gasteiger partial charge < -0.3 is 4.90 Å². The van der Waals surface area contributed by atoms with Crippen LogP contribution in [0.4, 0.5) is 0 Å². The second-order valence-electron chi connectivity index (χ2n) is 7.91. The summed E-state index contributed by atoms with van der Waals surface area (Å²) in [5.41, 5.74) is 1.60. The van der Waals surface area contributed by atoms with Crippen LogP contribution in [-0.4, -0.2) is 34.2 Å². The molecule has 4 heteroatoms. The summed E-state index contributed by atoms with van der Waals surface area (Å²) in [6.45, 7) is 10.8. The van der Waals surface area contributed by atoms with Gasteiger partial charge in [-0.25, -0.2) is 0 Å². The molecule has 1 saturated heterocycles. The lowest BCUT2D eigenvalue weighted by Gasteiger charge is -2.31. The minimum absolute atomic E-state index is 0.0388. The quantitative estimate of drug-likeness (QED) is 0.488. The molecule has 0 aromatic carbocycles. The van der Waals surface area contributed by atoms with Crippen LogP contribution in [0.5, 0.6) is 0 Å². The van der Waals surface area contributed by atoms with Crippen LogP contribution in [0, 0.1) is 5.41 Å². The normalized spacial score (nSPS) is 17.3. The molecule has 2 heterocycles. The first kappa shape index (κ1) is 20.3. The molecular formula is C22H32N2O2. The van der Waals surface area contributed by atoms with E-state index in [1.54, 1.807) is 11.1 Å². The molecule has 1 aromatic rings. The Morgan fingerprint density at radius 1 is 1.35 bits per heavy atom. The number of aromatic nitrogens is 1. The number of hydrogen-bond donors (Lipinski definition) is 0. The average Bonchev–Trinajstić information content (AvgIpc) is 3.14. The number of rotatable bonds is 9. The van der Waals surface area contributed by atoms with Gasteiger partial charge in [0.25, 0.3) is 0 Å². The van der Waals surface area contributed by atoms with Crippen LogP contribution in [-0.2, 0) is 16.0 Å². The Bertz CT molecular complexity index is 637. The van der Waals surface area contributed by atoms with Crippen molar-refractivity contribution in [2.75, 3.05) is 6.54 Å². The molecule has 0 aliphatic carbocycles. The van der Waals surface area contributed by atoms with Crippen molar-refractivity contribution in [1.29, 1.82) is 0 Å². The van der Waals surface area contributed by atoms with E-state index in [-0.39, 0.29) is 23.1 Å². The van der Waals surface area contributed by atoms with E-state index < -0.39 is 0 Å². The maximum Gasteiger partial charge on any atom is 0.250 e. The molecule has 1 unspecified atom stereocenters. The molecule has 1 aliphatic rings. The summed E-state index contributed by atoms with van der Waals surface area (Å²) in [4.78, 5) is 31.4. The Labute approximate surface area is 157 Å². The number of amides is 1. The predicted octanol–water partition coefficient (Wildman–Crippen LogP) is 4.35. The van der Waals surface area contributed by atoms with Crippen molar-refractivity contribution in [3.8, 4) is 0 Å². The van der Waals surface area contributed by atoms with Gasteiger partial charge in [0.05, 0.1) is 6.04 Å². The highest BCUT2D eigenvalue weighted by molar-refractivity contribution is 5.98. The summed E-state index contributed by atoms with van der Waals surface area (Å²) in [6.07, 6.45) is 9.49. The van der Waals surface area contributed by atoms with Crippen molar-refractivity contribution in [3.05, 3.63) is 42.2 Å². The van der Waals surface area contributed by atoms with E-state index in [0.717, 1.165) is 38.5 Å². The molecule has 1 atom stereocenters. The predicted molar refractivity (Wildman–Crippen MR) is 105 cm³/mol. The van der Waals surface area contributed by atoms with E-state index >= 15 is 0 Å². The van der Waals surface area contributed by atoms with E-state index in [4.69, 9.17) is 0 Å². The first-order chi connectivity index (χ1) is 12.4. The third kappa shape index (κ3) is 5.03. The van der Waals surface area contributed by atoms with Gasteiger partial charge in [0.2, 0.25) is 5.91 Å². The lowest BCUT2D eigenvalue weighted by atomic mass is 9.81. The van der Waals surface area contributed by atoms with Gasteiger partial charge in [-0.1, -0.05) is 33.4 Å². The monoisotopic (exact) mass is 356 g/mol. The van der Waals surface area contributed by atoms with Gasteiger partial charge in [-0.05, 0) is 55.6 Å². The number of aryl methyl sites for hydroxylation is 1. The lowest BCUT2D eigenvalue weighted by molar-refractivity contribution is -0.135. The lowest BCUT2D eigenvalue weighted by Crippen LogP contribution is -2.43. The van der Waals surface area contributed by atoms with Crippen LogP contribution in [0.25, 0.3) is 0 Å². The number of unbranched alkanes of at least 4 members (excludes halogenated alkanes) is 1. The minimum atomic E-state index is -0.259. The van der Waals surface area contributed by atoms with Crippen LogP contribution in [0.3, 0.4) is 0 Å². The molecule has 0 bridgehead atoms. The van der Waals surface area contributed by atoms with Crippen LogP contribution < -0.4 is 0 Å². The van der Waals surface area contributed by atoms with Crippen molar-refractivity contribution in [2.45, 2.75) is 71.8 Å². The van der Waals surface area contributed by atoms with Gasteiger partial charge in [0.15, 0.2) is 5.78 Å². The van der Waals surface area contributed by atoms with E-state index in [0.29, 0.717) is 18.5 Å². The Morgan fingerprint density at radius 2 is 2.12 bits per heavy atom. The van der Waals surface area contributed by atoms with Crippen LogP contribution >= 0.6 is 0 Å². The third-order valence-corrected chi connectivity index (χ3v) is 5.71. The molecule has 0 radical (unpaired) electrons. The maximum absolute atomic E-state index is 12.8.